The van der Waals surface area contributed by atoms with Crippen molar-refractivity contribution in [2.24, 2.45) is 11.7 Å². The molecule has 1 aliphatic heterocycles. The predicted octanol–water partition coefficient (Wildman–Crippen LogP) is 2.39. The average Bonchev–Trinajstić information content (AvgIpc) is 2.52. The molecule has 6 heteroatoms. The monoisotopic (exact) mass is 324 g/mol. The van der Waals surface area contributed by atoms with Crippen LogP contribution in [-0.2, 0) is 0 Å². The van der Waals surface area contributed by atoms with E-state index in [-0.39, 0.29) is 11.1 Å². The highest BCUT2D eigenvalue weighted by Crippen LogP contribution is 2.26. The number of carbonyl (C=O) groups excluding carboxylic acids is 1. The standard InChI is InChI=1S/C16H25ClN4O/c1-20(2)16(22)13-5-6-14(19-15(13)17)21-10-7-12(8-11-21)4-3-9-18/h5-6,12H,3-4,7-11,18H2,1-2H3. The summed E-state index contributed by atoms with van der Waals surface area (Å²) in [6.45, 7) is 2.75. The molecule has 0 aliphatic carbocycles. The fourth-order valence-corrected chi connectivity index (χ4v) is 3.09. The van der Waals surface area contributed by atoms with E-state index in [1.807, 2.05) is 6.07 Å². The molecule has 0 spiro atoms. The van der Waals surface area contributed by atoms with Crippen molar-refractivity contribution in [3.63, 3.8) is 0 Å². The molecule has 1 fully saturated rings. The highest BCUT2D eigenvalue weighted by molar-refractivity contribution is 6.32. The van der Waals surface area contributed by atoms with Crippen molar-refractivity contribution >= 4 is 23.3 Å². The van der Waals surface area contributed by atoms with E-state index < -0.39 is 0 Å². The Labute approximate surface area is 137 Å². The Bertz CT molecular complexity index is 513. The third-order valence-corrected chi connectivity index (χ3v) is 4.51. The molecule has 0 saturated carbocycles. The molecule has 0 bridgehead atoms. The summed E-state index contributed by atoms with van der Waals surface area (Å²) in [7, 11) is 3.41. The molecule has 0 atom stereocenters. The molecule has 1 saturated heterocycles. The van der Waals surface area contributed by atoms with Crippen LogP contribution in [0.5, 0.6) is 0 Å². The summed E-state index contributed by atoms with van der Waals surface area (Å²) in [4.78, 5) is 20.1. The van der Waals surface area contributed by atoms with E-state index in [1.165, 1.54) is 11.3 Å². The second-order valence-corrected chi connectivity index (χ2v) is 6.43. The van der Waals surface area contributed by atoms with Gasteiger partial charge in [-0.05, 0) is 50.3 Å². The molecule has 2 heterocycles. The van der Waals surface area contributed by atoms with Gasteiger partial charge in [-0.2, -0.15) is 0 Å². The van der Waals surface area contributed by atoms with Crippen molar-refractivity contribution in [1.82, 2.24) is 9.88 Å². The second-order valence-electron chi connectivity index (χ2n) is 6.07. The average molecular weight is 325 g/mol. The van der Waals surface area contributed by atoms with Crippen molar-refractivity contribution in [3.8, 4) is 0 Å². The molecule has 1 aromatic heterocycles. The molecular formula is C16H25ClN4O. The summed E-state index contributed by atoms with van der Waals surface area (Å²) in [5.41, 5.74) is 6.03. The number of hydrogen-bond donors (Lipinski definition) is 1. The van der Waals surface area contributed by atoms with Crippen LogP contribution < -0.4 is 10.6 Å². The van der Waals surface area contributed by atoms with Crippen molar-refractivity contribution in [3.05, 3.63) is 22.8 Å². The normalized spacial score (nSPS) is 15.9. The third kappa shape index (κ3) is 4.11. The molecule has 0 aromatic carbocycles. The van der Waals surface area contributed by atoms with E-state index in [9.17, 15) is 4.79 Å². The van der Waals surface area contributed by atoms with Crippen LogP contribution in [0.3, 0.4) is 0 Å². The zero-order valence-electron chi connectivity index (χ0n) is 13.4. The number of nitrogens with two attached hydrogens (primary N) is 1. The van der Waals surface area contributed by atoms with E-state index in [0.717, 1.165) is 50.6 Å². The lowest BCUT2D eigenvalue weighted by molar-refractivity contribution is 0.0827. The molecule has 1 aromatic rings. The van der Waals surface area contributed by atoms with Gasteiger partial charge in [0, 0.05) is 27.2 Å². The number of halogens is 1. The minimum absolute atomic E-state index is 0.121. The highest BCUT2D eigenvalue weighted by atomic mass is 35.5. The summed E-state index contributed by atoms with van der Waals surface area (Å²) < 4.78 is 0. The van der Waals surface area contributed by atoms with Crippen molar-refractivity contribution in [2.45, 2.75) is 25.7 Å². The largest absolute Gasteiger partial charge is 0.357 e. The van der Waals surface area contributed by atoms with E-state index in [4.69, 9.17) is 17.3 Å². The van der Waals surface area contributed by atoms with Gasteiger partial charge < -0.3 is 15.5 Å². The molecule has 5 nitrogen and oxygen atoms in total. The summed E-state index contributed by atoms with van der Waals surface area (Å²) in [6, 6.07) is 3.66. The van der Waals surface area contributed by atoms with Crippen LogP contribution in [0, 0.1) is 5.92 Å². The van der Waals surface area contributed by atoms with Crippen LogP contribution in [0.2, 0.25) is 5.15 Å². The Kier molecular flexibility index (Phi) is 6.03. The summed E-state index contributed by atoms with van der Waals surface area (Å²) >= 11 is 6.19. The number of aromatic nitrogens is 1. The van der Waals surface area contributed by atoms with Crippen molar-refractivity contribution < 1.29 is 4.79 Å². The SMILES string of the molecule is CN(C)C(=O)c1ccc(N2CCC(CCCN)CC2)nc1Cl. The van der Waals surface area contributed by atoms with Gasteiger partial charge in [-0.15, -0.1) is 0 Å². The van der Waals surface area contributed by atoms with Crippen LogP contribution >= 0.6 is 11.6 Å². The molecule has 2 N–H and O–H groups in total. The Balaban J connectivity index is 2.00. The number of hydrogen-bond acceptors (Lipinski definition) is 4. The van der Waals surface area contributed by atoms with E-state index in [1.54, 1.807) is 20.2 Å². The zero-order chi connectivity index (χ0) is 16.1. The molecule has 0 unspecified atom stereocenters. The highest BCUT2D eigenvalue weighted by Gasteiger charge is 2.21. The number of anilines is 1. The topological polar surface area (TPSA) is 62.5 Å². The third-order valence-electron chi connectivity index (χ3n) is 4.23. The Morgan fingerprint density at radius 1 is 1.41 bits per heavy atom. The van der Waals surface area contributed by atoms with E-state index in [2.05, 4.69) is 9.88 Å². The van der Waals surface area contributed by atoms with Gasteiger partial charge in [0.2, 0.25) is 0 Å². The lowest BCUT2D eigenvalue weighted by Crippen LogP contribution is -2.34. The second kappa shape index (κ2) is 7.79. The molecule has 22 heavy (non-hydrogen) atoms. The fourth-order valence-electron chi connectivity index (χ4n) is 2.86. The molecule has 0 radical (unpaired) electrons. The molecule has 2 rings (SSSR count). The van der Waals surface area contributed by atoms with Gasteiger partial charge in [0.1, 0.15) is 11.0 Å². The first-order valence-electron chi connectivity index (χ1n) is 7.86. The summed E-state index contributed by atoms with van der Waals surface area (Å²) in [6.07, 6.45) is 4.65. The first-order chi connectivity index (χ1) is 10.5. The van der Waals surface area contributed by atoms with Gasteiger partial charge >= 0.3 is 0 Å². The van der Waals surface area contributed by atoms with Gasteiger partial charge in [-0.1, -0.05) is 11.6 Å². The van der Waals surface area contributed by atoms with E-state index >= 15 is 0 Å². The molecular weight excluding hydrogens is 300 g/mol. The number of rotatable bonds is 5. The van der Waals surface area contributed by atoms with Gasteiger partial charge in [0.15, 0.2) is 0 Å². The maximum Gasteiger partial charge on any atom is 0.256 e. The smallest absolute Gasteiger partial charge is 0.256 e. The first kappa shape index (κ1) is 17.0. The van der Waals surface area contributed by atoms with Crippen LogP contribution in [0.4, 0.5) is 5.82 Å². The number of pyridine rings is 1. The van der Waals surface area contributed by atoms with Crippen molar-refractivity contribution in [2.75, 3.05) is 38.6 Å². The molecule has 1 aliphatic rings. The lowest BCUT2D eigenvalue weighted by atomic mass is 9.92. The minimum atomic E-state index is -0.121. The van der Waals surface area contributed by atoms with Gasteiger partial charge in [0.25, 0.3) is 5.91 Å². The Morgan fingerprint density at radius 2 is 2.09 bits per heavy atom. The number of amides is 1. The first-order valence-corrected chi connectivity index (χ1v) is 8.24. The van der Waals surface area contributed by atoms with Crippen LogP contribution in [0.15, 0.2) is 12.1 Å². The van der Waals surface area contributed by atoms with Gasteiger partial charge in [0.05, 0.1) is 5.56 Å². The van der Waals surface area contributed by atoms with Crippen LogP contribution in [0.25, 0.3) is 0 Å². The fraction of sp³-hybridized carbons (Fsp3) is 0.625. The number of nitrogens with zero attached hydrogens (tertiary/aromatic N) is 3. The van der Waals surface area contributed by atoms with E-state index in [0.29, 0.717) is 5.56 Å². The lowest BCUT2D eigenvalue weighted by Gasteiger charge is -2.33. The van der Waals surface area contributed by atoms with Crippen LogP contribution in [0.1, 0.15) is 36.0 Å². The maximum atomic E-state index is 12.0. The molecule has 1 amide bonds. The maximum absolute atomic E-state index is 12.0. The Hall–Kier alpha value is -1.33. The predicted molar refractivity (Wildman–Crippen MR) is 90.5 cm³/mol. The quantitative estimate of drug-likeness (QED) is 0.845. The zero-order valence-corrected chi connectivity index (χ0v) is 14.1. The number of carbonyl (C=O) groups is 1. The molecule has 122 valence electrons. The van der Waals surface area contributed by atoms with Crippen molar-refractivity contribution in [1.29, 1.82) is 0 Å². The van der Waals surface area contributed by atoms with Crippen LogP contribution in [-0.4, -0.2) is 49.5 Å². The summed E-state index contributed by atoms with van der Waals surface area (Å²) in [5.74, 6) is 1.51. The minimum Gasteiger partial charge on any atom is -0.357 e. The van der Waals surface area contributed by atoms with Gasteiger partial charge in [-0.25, -0.2) is 4.98 Å². The summed E-state index contributed by atoms with van der Waals surface area (Å²) in [5, 5.41) is 0.279. The Morgan fingerprint density at radius 3 is 2.64 bits per heavy atom. The van der Waals surface area contributed by atoms with Gasteiger partial charge in [-0.3, -0.25) is 4.79 Å². The number of piperidine rings is 1.